The summed E-state index contributed by atoms with van der Waals surface area (Å²) in [6, 6.07) is 9.01. The highest BCUT2D eigenvalue weighted by molar-refractivity contribution is 5.98. The maximum absolute atomic E-state index is 13.6. The van der Waals surface area contributed by atoms with Gasteiger partial charge in [-0.05, 0) is 24.3 Å². The first-order valence-corrected chi connectivity index (χ1v) is 7.55. The van der Waals surface area contributed by atoms with Crippen LogP contribution in [0.4, 0.5) is 19.0 Å². The van der Waals surface area contributed by atoms with Crippen LogP contribution in [0, 0.1) is 17.5 Å². The number of anilines is 1. The fourth-order valence-electron chi connectivity index (χ4n) is 2.30. The van der Waals surface area contributed by atoms with Gasteiger partial charge in [0, 0.05) is 23.9 Å². The van der Waals surface area contributed by atoms with Gasteiger partial charge in [-0.2, -0.15) is 0 Å². The Kier molecular flexibility index (Phi) is 4.83. The molecule has 26 heavy (non-hydrogen) atoms. The lowest BCUT2D eigenvalue weighted by atomic mass is 10.2. The highest BCUT2D eigenvalue weighted by Gasteiger charge is 2.15. The molecule has 0 fully saturated rings. The summed E-state index contributed by atoms with van der Waals surface area (Å²) in [5.41, 5.74) is 5.85. The number of nitrogens with zero attached hydrogens (tertiary/aromatic N) is 2. The maximum atomic E-state index is 13.6. The predicted molar refractivity (Wildman–Crippen MR) is 89.4 cm³/mol. The van der Waals surface area contributed by atoms with Gasteiger partial charge in [0.25, 0.3) is 5.91 Å². The van der Waals surface area contributed by atoms with E-state index in [-0.39, 0.29) is 29.3 Å². The monoisotopic (exact) mass is 358 g/mol. The molecule has 8 heteroatoms. The van der Waals surface area contributed by atoms with Gasteiger partial charge in [-0.1, -0.05) is 18.2 Å². The number of amides is 1. The minimum atomic E-state index is -0.768. The van der Waals surface area contributed by atoms with E-state index in [1.165, 1.54) is 30.5 Å². The first-order valence-electron chi connectivity index (χ1n) is 7.55. The zero-order valence-corrected chi connectivity index (χ0v) is 13.3. The molecule has 2 aromatic carbocycles. The quantitative estimate of drug-likeness (QED) is 0.751. The summed E-state index contributed by atoms with van der Waals surface area (Å²) >= 11 is 0. The lowest BCUT2D eigenvalue weighted by Gasteiger charge is -2.09. The van der Waals surface area contributed by atoms with Crippen molar-refractivity contribution in [3.05, 3.63) is 77.2 Å². The predicted octanol–water partition coefficient (Wildman–Crippen LogP) is 3.07. The van der Waals surface area contributed by atoms with Crippen molar-refractivity contribution in [1.29, 1.82) is 0 Å². The molecule has 1 aromatic heterocycles. The zero-order valence-electron chi connectivity index (χ0n) is 13.3. The standard InChI is InChI=1S/C18H13F3N4O/c19-11-4-1-3-10(7-11)17-23-9-13(16(22)25-17)18(26)24-8-12-14(20)5-2-6-15(12)21/h1-7,9H,8H2,(H,24,26)(H2,22,23,25). The molecule has 0 aliphatic heterocycles. The van der Waals surface area contributed by atoms with E-state index in [9.17, 15) is 18.0 Å². The summed E-state index contributed by atoms with van der Waals surface area (Å²) in [4.78, 5) is 20.2. The van der Waals surface area contributed by atoms with Gasteiger partial charge in [0.2, 0.25) is 0 Å². The molecule has 0 unspecified atom stereocenters. The number of nitrogen functional groups attached to an aromatic ring is 1. The van der Waals surface area contributed by atoms with Crippen LogP contribution in [0.2, 0.25) is 0 Å². The summed E-state index contributed by atoms with van der Waals surface area (Å²) in [7, 11) is 0. The second kappa shape index (κ2) is 7.22. The second-order valence-electron chi connectivity index (χ2n) is 5.39. The van der Waals surface area contributed by atoms with Crippen molar-refractivity contribution in [3.8, 4) is 11.4 Å². The highest BCUT2D eigenvalue weighted by atomic mass is 19.1. The van der Waals surface area contributed by atoms with Crippen molar-refractivity contribution in [2.75, 3.05) is 5.73 Å². The number of carbonyl (C=O) groups excluding carboxylic acids is 1. The molecule has 5 nitrogen and oxygen atoms in total. The molecule has 3 rings (SSSR count). The average Bonchev–Trinajstić information content (AvgIpc) is 2.61. The highest BCUT2D eigenvalue weighted by Crippen LogP contribution is 2.19. The Morgan fingerprint density at radius 3 is 2.42 bits per heavy atom. The van der Waals surface area contributed by atoms with E-state index in [2.05, 4.69) is 15.3 Å². The van der Waals surface area contributed by atoms with Crippen LogP contribution < -0.4 is 11.1 Å². The van der Waals surface area contributed by atoms with Gasteiger partial charge in [0.1, 0.15) is 23.3 Å². The van der Waals surface area contributed by atoms with Crippen LogP contribution in [0.25, 0.3) is 11.4 Å². The molecule has 0 saturated carbocycles. The van der Waals surface area contributed by atoms with Crippen LogP contribution >= 0.6 is 0 Å². The Balaban J connectivity index is 1.78. The van der Waals surface area contributed by atoms with Gasteiger partial charge in [-0.3, -0.25) is 4.79 Å². The first-order chi connectivity index (χ1) is 12.5. The van der Waals surface area contributed by atoms with E-state index in [1.807, 2.05) is 0 Å². The Morgan fingerprint density at radius 1 is 1.08 bits per heavy atom. The number of nitrogens with one attached hydrogen (secondary N) is 1. The van der Waals surface area contributed by atoms with Crippen LogP contribution in [0.5, 0.6) is 0 Å². The summed E-state index contributed by atoms with van der Waals surface area (Å²) in [6.07, 6.45) is 1.18. The number of halogens is 3. The van der Waals surface area contributed by atoms with E-state index in [0.29, 0.717) is 5.56 Å². The molecule has 0 atom stereocenters. The number of nitrogens with two attached hydrogens (primary N) is 1. The molecule has 0 aliphatic carbocycles. The molecular formula is C18H13F3N4O. The topological polar surface area (TPSA) is 80.9 Å². The van der Waals surface area contributed by atoms with Gasteiger partial charge >= 0.3 is 0 Å². The Hall–Kier alpha value is -3.42. The maximum Gasteiger partial charge on any atom is 0.256 e. The third-order valence-electron chi connectivity index (χ3n) is 3.63. The lowest BCUT2D eigenvalue weighted by molar-refractivity contribution is 0.0950. The SMILES string of the molecule is Nc1nc(-c2cccc(F)c2)ncc1C(=O)NCc1c(F)cccc1F. The molecule has 132 valence electrons. The molecule has 0 spiro atoms. The molecule has 3 aromatic rings. The fourth-order valence-corrected chi connectivity index (χ4v) is 2.30. The number of hydrogen-bond donors (Lipinski definition) is 2. The lowest BCUT2D eigenvalue weighted by Crippen LogP contribution is -2.25. The van der Waals surface area contributed by atoms with Crippen molar-refractivity contribution in [1.82, 2.24) is 15.3 Å². The fraction of sp³-hybridized carbons (Fsp3) is 0.0556. The van der Waals surface area contributed by atoms with Crippen LogP contribution in [0.3, 0.4) is 0 Å². The number of aromatic nitrogens is 2. The van der Waals surface area contributed by atoms with E-state index in [1.54, 1.807) is 6.07 Å². The van der Waals surface area contributed by atoms with Crippen molar-refractivity contribution in [3.63, 3.8) is 0 Å². The zero-order chi connectivity index (χ0) is 18.7. The third-order valence-corrected chi connectivity index (χ3v) is 3.63. The van der Waals surface area contributed by atoms with E-state index in [0.717, 1.165) is 12.1 Å². The smallest absolute Gasteiger partial charge is 0.256 e. The average molecular weight is 358 g/mol. The van der Waals surface area contributed by atoms with Crippen molar-refractivity contribution >= 4 is 11.7 Å². The van der Waals surface area contributed by atoms with Crippen LogP contribution in [0.1, 0.15) is 15.9 Å². The van der Waals surface area contributed by atoms with Gasteiger partial charge in [-0.15, -0.1) is 0 Å². The number of carbonyl (C=O) groups is 1. The van der Waals surface area contributed by atoms with Crippen molar-refractivity contribution in [2.24, 2.45) is 0 Å². The van der Waals surface area contributed by atoms with Gasteiger partial charge in [0.05, 0.1) is 5.56 Å². The third kappa shape index (κ3) is 3.64. The van der Waals surface area contributed by atoms with E-state index >= 15 is 0 Å². The summed E-state index contributed by atoms with van der Waals surface area (Å²) in [5, 5.41) is 2.37. The van der Waals surface area contributed by atoms with Crippen LogP contribution in [-0.4, -0.2) is 15.9 Å². The van der Waals surface area contributed by atoms with Crippen LogP contribution in [0.15, 0.2) is 48.7 Å². The summed E-state index contributed by atoms with van der Waals surface area (Å²) in [5.74, 6) is -2.66. The molecule has 0 saturated heterocycles. The van der Waals surface area contributed by atoms with Crippen molar-refractivity contribution in [2.45, 2.75) is 6.54 Å². The molecule has 0 aliphatic rings. The Bertz CT molecular complexity index is 958. The first kappa shape index (κ1) is 17.4. The molecule has 1 heterocycles. The summed E-state index contributed by atoms with van der Waals surface area (Å²) in [6.45, 7) is -0.359. The Labute approximate surface area is 146 Å². The van der Waals surface area contributed by atoms with Gasteiger partial charge in [0.15, 0.2) is 5.82 Å². The van der Waals surface area contributed by atoms with Gasteiger partial charge < -0.3 is 11.1 Å². The number of rotatable bonds is 4. The molecular weight excluding hydrogens is 345 g/mol. The molecule has 0 radical (unpaired) electrons. The summed E-state index contributed by atoms with van der Waals surface area (Å²) < 4.78 is 40.4. The molecule has 3 N–H and O–H groups in total. The van der Waals surface area contributed by atoms with Crippen molar-refractivity contribution < 1.29 is 18.0 Å². The number of hydrogen-bond acceptors (Lipinski definition) is 4. The minimum absolute atomic E-state index is 0.0538. The van der Waals surface area contributed by atoms with E-state index in [4.69, 9.17) is 5.73 Å². The van der Waals surface area contributed by atoms with Crippen LogP contribution in [-0.2, 0) is 6.54 Å². The minimum Gasteiger partial charge on any atom is -0.383 e. The van der Waals surface area contributed by atoms with E-state index < -0.39 is 23.4 Å². The largest absolute Gasteiger partial charge is 0.383 e. The number of benzene rings is 2. The second-order valence-corrected chi connectivity index (χ2v) is 5.39. The Morgan fingerprint density at radius 2 is 1.77 bits per heavy atom. The normalized spacial score (nSPS) is 10.6. The molecule has 1 amide bonds. The molecule has 0 bridgehead atoms. The van der Waals surface area contributed by atoms with Gasteiger partial charge in [-0.25, -0.2) is 23.1 Å².